The number of methoxy groups -OCH3 is 2. The second-order valence-corrected chi connectivity index (χ2v) is 7.51. The predicted molar refractivity (Wildman–Crippen MR) is 123 cm³/mol. The molecule has 0 bridgehead atoms. The van der Waals surface area contributed by atoms with Crippen LogP contribution in [0.25, 0.3) is 16.8 Å². The molecule has 2 aromatic heterocycles. The fourth-order valence-electron chi connectivity index (χ4n) is 3.54. The van der Waals surface area contributed by atoms with Crippen LogP contribution >= 0.6 is 11.6 Å². The van der Waals surface area contributed by atoms with Gasteiger partial charge in [0, 0.05) is 11.1 Å². The molecule has 0 fully saturated rings. The van der Waals surface area contributed by atoms with Gasteiger partial charge in [-0.15, -0.1) is 10.2 Å². The lowest BCUT2D eigenvalue weighted by molar-refractivity contribution is 0.101. The van der Waals surface area contributed by atoms with E-state index >= 15 is 0 Å². The minimum Gasteiger partial charge on any atom is -0.497 e. The van der Waals surface area contributed by atoms with E-state index in [4.69, 9.17) is 26.2 Å². The summed E-state index contributed by atoms with van der Waals surface area (Å²) in [5.74, 6) is 0.660. The molecule has 4 aromatic rings. The van der Waals surface area contributed by atoms with E-state index in [1.807, 2.05) is 31.2 Å². The number of anilines is 1. The van der Waals surface area contributed by atoms with Crippen LogP contribution in [0.3, 0.4) is 0 Å². The highest BCUT2D eigenvalue weighted by Crippen LogP contribution is 2.31. The Balaban J connectivity index is 1.77. The fourth-order valence-corrected chi connectivity index (χ4v) is 3.73. The van der Waals surface area contributed by atoms with Crippen molar-refractivity contribution in [2.75, 3.05) is 19.5 Å². The lowest BCUT2D eigenvalue weighted by Gasteiger charge is -2.12. The van der Waals surface area contributed by atoms with Crippen LogP contribution in [-0.4, -0.2) is 39.9 Å². The zero-order valence-corrected chi connectivity index (χ0v) is 18.9. The summed E-state index contributed by atoms with van der Waals surface area (Å²) in [5.41, 5.74) is 4.35. The van der Waals surface area contributed by atoms with Crippen LogP contribution in [0.15, 0.2) is 42.5 Å². The van der Waals surface area contributed by atoms with Crippen LogP contribution < -0.4 is 14.8 Å². The smallest absolute Gasteiger partial charge is 0.278 e. The minimum atomic E-state index is -0.429. The molecule has 0 aliphatic carbocycles. The number of amides is 1. The topological polar surface area (TPSA) is 90.6 Å². The van der Waals surface area contributed by atoms with Crippen LogP contribution in [0.1, 0.15) is 28.8 Å². The Morgan fingerprint density at radius 1 is 1.12 bits per heavy atom. The van der Waals surface area contributed by atoms with Crippen molar-refractivity contribution in [3.05, 3.63) is 64.6 Å². The molecule has 32 heavy (non-hydrogen) atoms. The first-order valence-corrected chi connectivity index (χ1v) is 10.4. The standard InChI is InChI=1S/C23H22ClN5O3/c1-5-17-20(14-7-6-8-15(24)11-14)22-27-26-21(13(2)29(22)28-17)23(30)25-18-12-16(31-3)9-10-19(18)32-4/h6-12H,5H2,1-4H3,(H,25,30). The van der Waals surface area contributed by atoms with Gasteiger partial charge in [0.05, 0.1) is 36.9 Å². The van der Waals surface area contributed by atoms with Crippen molar-refractivity contribution in [3.8, 4) is 22.6 Å². The van der Waals surface area contributed by atoms with Gasteiger partial charge in [-0.2, -0.15) is 5.10 Å². The highest BCUT2D eigenvalue weighted by Gasteiger charge is 2.22. The van der Waals surface area contributed by atoms with E-state index in [2.05, 4.69) is 15.5 Å². The number of rotatable bonds is 6. The Morgan fingerprint density at radius 3 is 2.62 bits per heavy atom. The SMILES string of the molecule is CCc1nn2c(C)c(C(=O)Nc3cc(OC)ccc3OC)nnc2c1-c1cccc(Cl)c1. The summed E-state index contributed by atoms with van der Waals surface area (Å²) >= 11 is 6.19. The fraction of sp³-hybridized carbons (Fsp3) is 0.217. The maximum atomic E-state index is 13.1. The summed E-state index contributed by atoms with van der Waals surface area (Å²) in [7, 11) is 3.08. The van der Waals surface area contributed by atoms with Gasteiger partial charge in [0.1, 0.15) is 11.5 Å². The normalized spacial score (nSPS) is 10.9. The Bertz CT molecular complexity index is 1320. The van der Waals surface area contributed by atoms with Gasteiger partial charge in [0.15, 0.2) is 11.3 Å². The molecule has 1 amide bonds. The molecule has 0 atom stereocenters. The van der Waals surface area contributed by atoms with Crippen LogP contribution in [0.4, 0.5) is 5.69 Å². The van der Waals surface area contributed by atoms with Crippen molar-refractivity contribution in [3.63, 3.8) is 0 Å². The number of hydrogen-bond acceptors (Lipinski definition) is 6. The molecular weight excluding hydrogens is 430 g/mol. The monoisotopic (exact) mass is 451 g/mol. The van der Waals surface area contributed by atoms with Crippen molar-refractivity contribution in [1.29, 1.82) is 0 Å². The summed E-state index contributed by atoms with van der Waals surface area (Å²) < 4.78 is 12.2. The molecule has 164 valence electrons. The second-order valence-electron chi connectivity index (χ2n) is 7.08. The molecule has 0 saturated heterocycles. The summed E-state index contributed by atoms with van der Waals surface area (Å²) in [4.78, 5) is 13.1. The van der Waals surface area contributed by atoms with Gasteiger partial charge < -0.3 is 14.8 Å². The Labute approximate surface area is 190 Å². The molecule has 9 heteroatoms. The van der Waals surface area contributed by atoms with Crippen LogP contribution in [-0.2, 0) is 6.42 Å². The molecule has 2 heterocycles. The number of ether oxygens (including phenoxy) is 2. The third kappa shape index (κ3) is 3.85. The van der Waals surface area contributed by atoms with Gasteiger partial charge in [-0.3, -0.25) is 4.79 Å². The molecule has 0 radical (unpaired) electrons. The molecule has 1 N–H and O–H groups in total. The van der Waals surface area contributed by atoms with Crippen LogP contribution in [0.5, 0.6) is 11.5 Å². The average Bonchev–Trinajstić information content (AvgIpc) is 3.18. The van der Waals surface area contributed by atoms with Crippen LogP contribution in [0, 0.1) is 6.92 Å². The van der Waals surface area contributed by atoms with Crippen molar-refractivity contribution < 1.29 is 14.3 Å². The summed E-state index contributed by atoms with van der Waals surface area (Å²) in [5, 5.41) is 16.7. The number of nitrogens with zero attached hydrogens (tertiary/aromatic N) is 4. The highest BCUT2D eigenvalue weighted by molar-refractivity contribution is 6.30. The number of carbonyl (C=O) groups is 1. The van der Waals surface area contributed by atoms with Gasteiger partial charge in [-0.05, 0) is 43.2 Å². The highest BCUT2D eigenvalue weighted by atomic mass is 35.5. The van der Waals surface area contributed by atoms with Gasteiger partial charge in [0.25, 0.3) is 5.91 Å². The van der Waals surface area contributed by atoms with E-state index in [1.54, 1.807) is 36.7 Å². The predicted octanol–water partition coefficient (Wildman–Crippen LogP) is 4.59. The lowest BCUT2D eigenvalue weighted by Crippen LogP contribution is -2.19. The van der Waals surface area contributed by atoms with E-state index in [1.165, 1.54) is 7.11 Å². The van der Waals surface area contributed by atoms with Gasteiger partial charge in [0.2, 0.25) is 0 Å². The molecular formula is C23H22ClN5O3. The molecule has 4 rings (SSSR count). The second kappa shape index (κ2) is 8.84. The first-order valence-electron chi connectivity index (χ1n) is 10.0. The summed E-state index contributed by atoms with van der Waals surface area (Å²) in [6.45, 7) is 3.80. The Kier molecular flexibility index (Phi) is 5.96. The largest absolute Gasteiger partial charge is 0.497 e. The number of hydrogen-bond donors (Lipinski definition) is 1. The number of aryl methyl sites for hydroxylation is 2. The quantitative estimate of drug-likeness (QED) is 0.461. The van der Waals surface area contributed by atoms with E-state index in [-0.39, 0.29) is 5.69 Å². The Morgan fingerprint density at radius 2 is 1.94 bits per heavy atom. The zero-order chi connectivity index (χ0) is 22.8. The molecule has 0 saturated carbocycles. The maximum Gasteiger partial charge on any atom is 0.278 e. The number of carbonyl (C=O) groups excluding carboxylic acids is 1. The van der Waals surface area contributed by atoms with Crippen LogP contribution in [0.2, 0.25) is 5.02 Å². The summed E-state index contributed by atoms with van der Waals surface area (Å²) in [6, 6.07) is 12.7. The van der Waals surface area contributed by atoms with Crippen molar-refractivity contribution >= 4 is 28.8 Å². The number of aromatic nitrogens is 4. The van der Waals surface area contributed by atoms with Gasteiger partial charge in [-0.25, -0.2) is 4.52 Å². The van der Waals surface area contributed by atoms with Gasteiger partial charge >= 0.3 is 0 Å². The molecule has 0 aliphatic heterocycles. The minimum absolute atomic E-state index is 0.158. The molecule has 2 aromatic carbocycles. The third-order valence-corrected chi connectivity index (χ3v) is 5.39. The number of halogens is 1. The van der Waals surface area contributed by atoms with Gasteiger partial charge in [-0.1, -0.05) is 30.7 Å². The molecule has 0 unspecified atom stereocenters. The zero-order valence-electron chi connectivity index (χ0n) is 18.1. The van der Waals surface area contributed by atoms with E-state index < -0.39 is 5.91 Å². The van der Waals surface area contributed by atoms with E-state index in [0.717, 1.165) is 16.8 Å². The van der Waals surface area contributed by atoms with E-state index in [0.29, 0.717) is 40.0 Å². The molecule has 8 nitrogen and oxygen atoms in total. The third-order valence-electron chi connectivity index (χ3n) is 5.16. The number of fused-ring (bicyclic) bond motifs is 1. The van der Waals surface area contributed by atoms with E-state index in [9.17, 15) is 4.79 Å². The molecule has 0 spiro atoms. The molecule has 0 aliphatic rings. The average molecular weight is 452 g/mol. The van der Waals surface area contributed by atoms with Crippen molar-refractivity contribution in [1.82, 2.24) is 19.8 Å². The Hall–Kier alpha value is -3.65. The summed E-state index contributed by atoms with van der Waals surface area (Å²) in [6.07, 6.45) is 0.688. The first-order chi connectivity index (χ1) is 15.5. The number of nitrogens with one attached hydrogen (secondary N) is 1. The maximum absolute atomic E-state index is 13.1. The number of benzene rings is 2. The van der Waals surface area contributed by atoms with Crippen molar-refractivity contribution in [2.24, 2.45) is 0 Å². The lowest BCUT2D eigenvalue weighted by atomic mass is 10.0. The van der Waals surface area contributed by atoms with Crippen molar-refractivity contribution in [2.45, 2.75) is 20.3 Å². The first kappa shape index (κ1) is 21.6.